The Hall–Kier alpha value is -3.05. The normalized spacial score (nSPS) is 21.2. The van der Waals surface area contributed by atoms with Gasteiger partial charge in [-0.15, -0.1) is 0 Å². The van der Waals surface area contributed by atoms with Gasteiger partial charge in [-0.25, -0.2) is 18.7 Å². The molecule has 4 N–H and O–H groups in total. The van der Waals surface area contributed by atoms with Crippen LogP contribution < -0.4 is 16.4 Å². The van der Waals surface area contributed by atoms with Gasteiger partial charge in [0.2, 0.25) is 17.8 Å². The summed E-state index contributed by atoms with van der Waals surface area (Å²) in [6, 6.07) is 2.08. The predicted molar refractivity (Wildman–Crippen MR) is 128 cm³/mol. The molecule has 0 atom stereocenters. The van der Waals surface area contributed by atoms with Crippen molar-refractivity contribution in [3.05, 3.63) is 35.0 Å². The van der Waals surface area contributed by atoms with E-state index in [1.54, 1.807) is 6.20 Å². The molecule has 0 unspecified atom stereocenters. The van der Waals surface area contributed by atoms with Gasteiger partial charge in [0.15, 0.2) is 5.65 Å². The fourth-order valence-corrected chi connectivity index (χ4v) is 4.99. The van der Waals surface area contributed by atoms with Crippen LogP contribution in [0.3, 0.4) is 0 Å². The lowest BCUT2D eigenvalue weighted by Gasteiger charge is -2.29. The molecule has 3 aromatic rings. The van der Waals surface area contributed by atoms with Crippen molar-refractivity contribution >= 4 is 46.3 Å². The maximum absolute atomic E-state index is 14.6. The van der Waals surface area contributed by atoms with E-state index >= 15 is 0 Å². The molecule has 0 radical (unpaired) electrons. The van der Waals surface area contributed by atoms with Gasteiger partial charge in [0.05, 0.1) is 11.9 Å². The monoisotopic (exact) mass is 505 g/mol. The van der Waals surface area contributed by atoms with Gasteiger partial charge in [-0.3, -0.25) is 9.36 Å². The van der Waals surface area contributed by atoms with Crippen LogP contribution in [0.4, 0.5) is 26.4 Å². The summed E-state index contributed by atoms with van der Waals surface area (Å²) >= 11 is 6.06. The van der Waals surface area contributed by atoms with E-state index in [1.807, 2.05) is 4.57 Å². The third-order valence-electron chi connectivity index (χ3n) is 6.73. The third kappa shape index (κ3) is 4.87. The minimum Gasteiger partial charge on any atom is -0.381 e. The van der Waals surface area contributed by atoms with Gasteiger partial charge in [0, 0.05) is 31.2 Å². The van der Waals surface area contributed by atoms with Crippen LogP contribution in [0.2, 0.25) is 5.02 Å². The molecular formula is C23H26ClF2N7O2. The maximum Gasteiger partial charge on any atom is 0.224 e. The summed E-state index contributed by atoms with van der Waals surface area (Å²) in [6.45, 7) is 1.35. The smallest absolute Gasteiger partial charge is 0.224 e. The number of fused-ring (bicyclic) bond motifs is 1. The molecule has 2 fully saturated rings. The molecule has 0 bridgehead atoms. The highest BCUT2D eigenvalue weighted by Crippen LogP contribution is 2.38. The maximum atomic E-state index is 14.6. The molecule has 1 saturated carbocycles. The van der Waals surface area contributed by atoms with Crippen molar-refractivity contribution in [3.8, 4) is 0 Å². The lowest BCUT2D eigenvalue weighted by Crippen LogP contribution is -2.29. The largest absolute Gasteiger partial charge is 0.381 e. The molecule has 1 saturated heterocycles. The first-order valence-electron chi connectivity index (χ1n) is 11.7. The van der Waals surface area contributed by atoms with Crippen LogP contribution in [0.15, 0.2) is 18.3 Å². The number of primary amides is 1. The van der Waals surface area contributed by atoms with Crippen molar-refractivity contribution in [1.82, 2.24) is 19.5 Å². The van der Waals surface area contributed by atoms with Crippen molar-refractivity contribution in [2.24, 2.45) is 11.7 Å². The SMILES string of the molecule is NC(=O)[C@H]1CC[C@@H](n2c(Nc3c(F)ccc(F)c3Cl)nc3cnc(NC4CCOCC4)nc32)CC1. The fourth-order valence-electron chi connectivity index (χ4n) is 4.79. The lowest BCUT2D eigenvalue weighted by molar-refractivity contribution is -0.122. The van der Waals surface area contributed by atoms with Gasteiger partial charge < -0.3 is 21.1 Å². The molecule has 1 aliphatic carbocycles. The first-order chi connectivity index (χ1) is 16.9. The molecule has 5 rings (SSSR count). The van der Waals surface area contributed by atoms with Crippen molar-refractivity contribution in [1.29, 1.82) is 0 Å². The van der Waals surface area contributed by atoms with E-state index < -0.39 is 11.6 Å². The van der Waals surface area contributed by atoms with Crippen LogP contribution in [0.1, 0.15) is 44.6 Å². The van der Waals surface area contributed by atoms with Crippen LogP contribution in [-0.2, 0) is 9.53 Å². The van der Waals surface area contributed by atoms with Crippen LogP contribution in [0, 0.1) is 17.6 Å². The van der Waals surface area contributed by atoms with Crippen LogP contribution in [0.25, 0.3) is 11.2 Å². The summed E-state index contributed by atoms with van der Waals surface area (Å²) in [4.78, 5) is 25.4. The number of halogens is 3. The average Bonchev–Trinajstić information content (AvgIpc) is 3.22. The van der Waals surface area contributed by atoms with Gasteiger partial charge in [-0.1, -0.05) is 11.6 Å². The van der Waals surface area contributed by atoms with E-state index in [-0.39, 0.29) is 40.6 Å². The highest BCUT2D eigenvalue weighted by Gasteiger charge is 2.30. The van der Waals surface area contributed by atoms with Crippen LogP contribution in [0.5, 0.6) is 0 Å². The third-order valence-corrected chi connectivity index (χ3v) is 7.10. The average molecular weight is 506 g/mol. The molecule has 2 aliphatic rings. The highest BCUT2D eigenvalue weighted by atomic mass is 35.5. The number of anilines is 3. The number of ether oxygens (including phenoxy) is 1. The zero-order chi connectivity index (χ0) is 24.5. The number of carbonyl (C=O) groups is 1. The standard InChI is InChI=1S/C23H26ClF2N7O2/c24-18-15(25)5-6-16(26)19(18)31-23-30-17-11-28-22(29-13-7-9-35-10-8-13)32-21(17)33(23)14-3-1-12(2-4-14)20(27)34/h5-6,11-14H,1-4,7-10H2,(H2,27,34)(H,30,31)(H,28,29,32)/t12-,14+. The Morgan fingerprint density at radius 2 is 1.80 bits per heavy atom. The summed E-state index contributed by atoms with van der Waals surface area (Å²) in [7, 11) is 0. The molecule has 186 valence electrons. The summed E-state index contributed by atoms with van der Waals surface area (Å²) in [5.74, 6) is -1.23. The first-order valence-corrected chi connectivity index (χ1v) is 12.1. The molecule has 35 heavy (non-hydrogen) atoms. The van der Waals surface area contributed by atoms with E-state index in [4.69, 9.17) is 27.1 Å². The van der Waals surface area contributed by atoms with Crippen LogP contribution in [-0.4, -0.2) is 44.7 Å². The van der Waals surface area contributed by atoms with E-state index in [0.717, 1.165) is 25.0 Å². The minimum absolute atomic E-state index is 0.0840. The van der Waals surface area contributed by atoms with Gasteiger partial charge in [-0.2, -0.15) is 4.98 Å². The number of rotatable bonds is 6. The fraction of sp³-hybridized carbons (Fsp3) is 0.478. The quantitative estimate of drug-likeness (QED) is 0.427. The summed E-state index contributed by atoms with van der Waals surface area (Å²) in [5, 5.41) is 5.87. The molecule has 1 aliphatic heterocycles. The zero-order valence-corrected chi connectivity index (χ0v) is 19.7. The predicted octanol–water partition coefficient (Wildman–Crippen LogP) is 4.31. The molecule has 2 aromatic heterocycles. The van der Waals surface area contributed by atoms with E-state index in [0.29, 0.717) is 56.0 Å². The molecular weight excluding hydrogens is 480 g/mol. The Kier molecular flexibility index (Phi) is 6.70. The number of benzene rings is 1. The number of aromatic nitrogens is 4. The van der Waals surface area contributed by atoms with E-state index in [2.05, 4.69) is 20.6 Å². The van der Waals surface area contributed by atoms with E-state index in [1.165, 1.54) is 0 Å². The summed E-state index contributed by atoms with van der Waals surface area (Å²) in [6.07, 6.45) is 5.84. The molecule has 9 nitrogen and oxygen atoms in total. The Bertz CT molecular complexity index is 1240. The second-order valence-corrected chi connectivity index (χ2v) is 9.37. The van der Waals surface area contributed by atoms with Crippen LogP contribution >= 0.6 is 11.6 Å². The number of hydrogen-bond acceptors (Lipinski definition) is 7. The number of imidazole rings is 1. The first kappa shape index (κ1) is 23.7. The molecule has 12 heteroatoms. The minimum atomic E-state index is -0.747. The summed E-state index contributed by atoms with van der Waals surface area (Å²) < 4.78 is 35.9. The molecule has 1 amide bonds. The van der Waals surface area contributed by atoms with Gasteiger partial charge in [0.1, 0.15) is 22.2 Å². The zero-order valence-electron chi connectivity index (χ0n) is 18.9. The lowest BCUT2D eigenvalue weighted by atomic mass is 9.85. The van der Waals surface area contributed by atoms with E-state index in [9.17, 15) is 13.6 Å². The number of nitrogens with one attached hydrogen (secondary N) is 2. The Labute approximate surface area is 205 Å². The summed E-state index contributed by atoms with van der Waals surface area (Å²) in [5.41, 5.74) is 6.35. The molecule has 1 aromatic carbocycles. The number of amides is 1. The second kappa shape index (κ2) is 9.90. The van der Waals surface area contributed by atoms with Crippen molar-refractivity contribution in [2.45, 2.75) is 50.6 Å². The van der Waals surface area contributed by atoms with Crippen molar-refractivity contribution in [2.75, 3.05) is 23.8 Å². The Morgan fingerprint density at radius 3 is 2.51 bits per heavy atom. The number of nitrogens with two attached hydrogens (primary N) is 1. The van der Waals surface area contributed by atoms with Crippen molar-refractivity contribution < 1.29 is 18.3 Å². The highest BCUT2D eigenvalue weighted by molar-refractivity contribution is 6.33. The number of carbonyl (C=O) groups excluding carboxylic acids is 1. The van der Waals surface area contributed by atoms with Gasteiger partial charge >= 0.3 is 0 Å². The Balaban J connectivity index is 1.53. The van der Waals surface area contributed by atoms with Crippen molar-refractivity contribution in [3.63, 3.8) is 0 Å². The molecule has 0 spiro atoms. The number of hydrogen-bond donors (Lipinski definition) is 3. The number of nitrogens with zero attached hydrogens (tertiary/aromatic N) is 4. The molecule has 3 heterocycles. The topological polar surface area (TPSA) is 120 Å². The Morgan fingerprint density at radius 1 is 1.09 bits per heavy atom. The van der Waals surface area contributed by atoms with Gasteiger partial charge in [-0.05, 0) is 50.7 Å². The van der Waals surface area contributed by atoms with Gasteiger partial charge in [0.25, 0.3) is 0 Å². The second-order valence-electron chi connectivity index (χ2n) is 8.99.